The molecule has 2 fully saturated rings. The molecule has 0 radical (unpaired) electrons. The van der Waals surface area contributed by atoms with Gasteiger partial charge in [-0.25, -0.2) is 26.9 Å². The molecule has 3 aliphatic rings. The van der Waals surface area contributed by atoms with Crippen LogP contribution in [0.5, 0.6) is 11.8 Å². The van der Waals surface area contributed by atoms with Crippen LogP contribution in [-0.4, -0.2) is 70.3 Å². The standard InChI is InChI=1S/C36H30F8N8O2S/c1-15-12-52(27(30(40)41)18-4-2-8-48-31(18)46)33-23-26(49-34(50-33)53-14-35-7-3-9-51(35)13-16(37)10-35)25(39)22(24(28(23)54-15)36(42,43)44)17-5-6-20(38)29-21(17)19(11-45)32(47)55-29/h2,4-6,8,15-16,27,30H,3,7,9-10,12-14,47H2,1H3,(H2,46,48)/t15-,16+,27-,35-/m0/s1. The molecule has 0 aliphatic carbocycles. The van der Waals surface area contributed by atoms with Crippen molar-refractivity contribution in [3.8, 4) is 29.0 Å². The highest BCUT2D eigenvalue weighted by atomic mass is 32.1. The number of nitriles is 1. The Morgan fingerprint density at radius 1 is 1.15 bits per heavy atom. The van der Waals surface area contributed by atoms with Gasteiger partial charge in [0, 0.05) is 35.7 Å². The Labute approximate surface area is 311 Å². The number of anilines is 3. The zero-order valence-corrected chi connectivity index (χ0v) is 29.5. The van der Waals surface area contributed by atoms with Crippen LogP contribution in [0.2, 0.25) is 0 Å². The minimum Gasteiger partial charge on any atom is -0.487 e. The summed E-state index contributed by atoms with van der Waals surface area (Å²) in [5.41, 5.74) is 6.50. The molecule has 10 nitrogen and oxygen atoms in total. The fourth-order valence-corrected chi connectivity index (χ4v) is 9.25. The minimum absolute atomic E-state index is 0.113. The van der Waals surface area contributed by atoms with Crippen molar-refractivity contribution < 1.29 is 44.6 Å². The lowest BCUT2D eigenvalue weighted by Gasteiger charge is -2.34. The van der Waals surface area contributed by atoms with Crippen molar-refractivity contribution in [1.82, 2.24) is 19.9 Å². The molecule has 8 rings (SSSR count). The van der Waals surface area contributed by atoms with E-state index in [4.69, 9.17) is 20.9 Å². The van der Waals surface area contributed by atoms with E-state index >= 15 is 30.7 Å². The van der Waals surface area contributed by atoms with Gasteiger partial charge in [-0.3, -0.25) is 4.90 Å². The monoisotopic (exact) mass is 790 g/mol. The molecule has 4 N–H and O–H groups in total. The van der Waals surface area contributed by atoms with Crippen molar-refractivity contribution >= 4 is 49.0 Å². The molecule has 288 valence electrons. The van der Waals surface area contributed by atoms with Crippen molar-refractivity contribution in [2.24, 2.45) is 0 Å². The van der Waals surface area contributed by atoms with Crippen LogP contribution in [-0.2, 0) is 6.18 Å². The number of hydrogen-bond donors (Lipinski definition) is 2. The molecule has 4 atom stereocenters. The Bertz CT molecular complexity index is 2400. The van der Waals surface area contributed by atoms with E-state index in [9.17, 15) is 9.65 Å². The van der Waals surface area contributed by atoms with Crippen molar-refractivity contribution in [2.45, 2.75) is 62.6 Å². The summed E-state index contributed by atoms with van der Waals surface area (Å²) >= 11 is 0.598. The number of aromatic nitrogens is 3. The first-order chi connectivity index (χ1) is 26.1. The molecule has 55 heavy (non-hydrogen) atoms. The van der Waals surface area contributed by atoms with Crippen LogP contribution >= 0.6 is 11.3 Å². The predicted molar refractivity (Wildman–Crippen MR) is 188 cm³/mol. The van der Waals surface area contributed by atoms with Crippen LogP contribution in [0.1, 0.15) is 48.9 Å². The fraction of sp³-hybridized carbons (Fsp3) is 0.389. The summed E-state index contributed by atoms with van der Waals surface area (Å²) in [6.07, 6.45) is -8.42. The predicted octanol–water partition coefficient (Wildman–Crippen LogP) is 7.79. The summed E-state index contributed by atoms with van der Waals surface area (Å²) in [4.78, 5) is 15.4. The maximum atomic E-state index is 17.5. The summed E-state index contributed by atoms with van der Waals surface area (Å²) in [6, 6.07) is 3.54. The summed E-state index contributed by atoms with van der Waals surface area (Å²) in [6.45, 7) is 1.37. The van der Waals surface area contributed by atoms with E-state index in [0.29, 0.717) is 24.3 Å². The molecule has 0 unspecified atom stereocenters. The van der Waals surface area contributed by atoms with Gasteiger partial charge in [0.15, 0.2) is 5.82 Å². The Balaban J connectivity index is 1.45. The number of rotatable bonds is 7. The van der Waals surface area contributed by atoms with Gasteiger partial charge in [0.1, 0.15) is 70.3 Å². The number of halogens is 8. The van der Waals surface area contributed by atoms with E-state index in [1.807, 2.05) is 4.90 Å². The van der Waals surface area contributed by atoms with Crippen molar-refractivity contribution in [2.75, 3.05) is 42.6 Å². The first kappa shape index (κ1) is 36.7. The van der Waals surface area contributed by atoms with Crippen LogP contribution < -0.4 is 25.8 Å². The molecule has 5 aromatic rings. The number of benzene rings is 2. The quantitative estimate of drug-likeness (QED) is 0.157. The molecule has 0 spiro atoms. The summed E-state index contributed by atoms with van der Waals surface area (Å²) < 4.78 is 136. The van der Waals surface area contributed by atoms with Crippen LogP contribution in [0, 0.1) is 23.0 Å². The lowest BCUT2D eigenvalue weighted by atomic mass is 9.91. The van der Waals surface area contributed by atoms with Gasteiger partial charge in [0.2, 0.25) is 0 Å². The van der Waals surface area contributed by atoms with Crippen LogP contribution in [0.15, 0.2) is 30.5 Å². The van der Waals surface area contributed by atoms with E-state index in [1.165, 1.54) is 25.3 Å². The first-order valence-electron chi connectivity index (χ1n) is 17.1. The third kappa shape index (κ3) is 5.88. The van der Waals surface area contributed by atoms with Gasteiger partial charge in [0.25, 0.3) is 6.43 Å². The maximum absolute atomic E-state index is 17.5. The highest BCUT2D eigenvalue weighted by Gasteiger charge is 2.50. The Morgan fingerprint density at radius 3 is 2.64 bits per heavy atom. The summed E-state index contributed by atoms with van der Waals surface area (Å²) in [5.74, 6) is -4.39. The minimum atomic E-state index is -5.40. The first-order valence-corrected chi connectivity index (χ1v) is 17.9. The van der Waals surface area contributed by atoms with Crippen molar-refractivity contribution in [1.29, 1.82) is 5.26 Å². The van der Waals surface area contributed by atoms with E-state index < -0.39 is 99.8 Å². The Hall–Kier alpha value is -5.22. The topological polar surface area (TPSA) is 139 Å². The molecule has 3 aliphatic heterocycles. The van der Waals surface area contributed by atoms with Crippen molar-refractivity contribution in [3.05, 3.63) is 58.8 Å². The van der Waals surface area contributed by atoms with Gasteiger partial charge >= 0.3 is 12.2 Å². The third-order valence-corrected chi connectivity index (χ3v) is 11.6. The molecule has 0 amide bonds. The fourth-order valence-electron chi connectivity index (χ4n) is 8.30. The average Bonchev–Trinajstić information content (AvgIpc) is 3.74. The van der Waals surface area contributed by atoms with Gasteiger partial charge in [-0.1, -0.05) is 12.1 Å². The lowest BCUT2D eigenvalue weighted by molar-refractivity contribution is -0.138. The Kier molecular flexibility index (Phi) is 8.83. The van der Waals surface area contributed by atoms with Crippen LogP contribution in [0.25, 0.3) is 32.1 Å². The van der Waals surface area contributed by atoms with Crippen molar-refractivity contribution in [3.63, 3.8) is 0 Å². The number of hydrogen-bond acceptors (Lipinski definition) is 11. The highest BCUT2D eigenvalue weighted by Crippen LogP contribution is 2.54. The molecule has 6 heterocycles. The Morgan fingerprint density at radius 2 is 1.93 bits per heavy atom. The molecular weight excluding hydrogens is 761 g/mol. The smallest absolute Gasteiger partial charge is 0.420 e. The second kappa shape index (κ2) is 13.2. The van der Waals surface area contributed by atoms with Crippen LogP contribution in [0.3, 0.4) is 0 Å². The number of nitrogen functional groups attached to an aromatic ring is 2. The summed E-state index contributed by atoms with van der Waals surface area (Å²) in [7, 11) is 0. The van der Waals surface area contributed by atoms with Gasteiger partial charge in [-0.2, -0.15) is 28.4 Å². The molecular formula is C36H30F8N8O2S. The molecule has 3 aromatic heterocycles. The van der Waals surface area contributed by atoms with Gasteiger partial charge in [-0.05, 0) is 44.0 Å². The number of nitrogens with zero attached hydrogens (tertiary/aromatic N) is 6. The normalized spacial score (nSPS) is 21.9. The SMILES string of the molecule is C[C@H]1CN([C@@H](c2cccnc2N)C(F)F)c2nc(OC[C@@]34CCCN3C[C@H](F)C4)nc3c(F)c(-c4ccc(F)c5sc(N)c(C#N)c45)c(C(F)(F)F)c(c23)O1. The van der Waals surface area contributed by atoms with Crippen LogP contribution in [0.4, 0.5) is 51.8 Å². The van der Waals surface area contributed by atoms with E-state index in [1.54, 1.807) is 6.07 Å². The number of thiophene rings is 1. The number of alkyl halides is 6. The average molecular weight is 791 g/mol. The molecule has 0 bridgehead atoms. The van der Waals surface area contributed by atoms with E-state index in [2.05, 4.69) is 15.0 Å². The largest absolute Gasteiger partial charge is 0.487 e. The van der Waals surface area contributed by atoms with E-state index in [-0.39, 0.29) is 51.6 Å². The van der Waals surface area contributed by atoms with Gasteiger partial charge < -0.3 is 25.8 Å². The number of fused-ring (bicyclic) bond motifs is 2. The van der Waals surface area contributed by atoms with E-state index in [0.717, 1.165) is 23.5 Å². The second-order valence-electron chi connectivity index (χ2n) is 13.9. The molecule has 2 aromatic carbocycles. The van der Waals surface area contributed by atoms with Gasteiger partial charge in [-0.15, -0.1) is 11.3 Å². The zero-order chi connectivity index (χ0) is 39.1. The molecule has 2 saturated heterocycles. The maximum Gasteiger partial charge on any atom is 0.420 e. The number of pyridine rings is 1. The molecule has 19 heteroatoms. The second-order valence-corrected chi connectivity index (χ2v) is 15.0. The van der Waals surface area contributed by atoms with Gasteiger partial charge in [0.05, 0.1) is 27.7 Å². The number of nitrogens with two attached hydrogens (primary N) is 2. The lowest BCUT2D eigenvalue weighted by Crippen LogP contribution is -2.43. The summed E-state index contributed by atoms with van der Waals surface area (Å²) in [5, 5.41) is 8.64. The molecule has 0 saturated carbocycles. The number of ether oxygens (including phenoxy) is 2. The highest BCUT2D eigenvalue weighted by molar-refractivity contribution is 7.23. The third-order valence-electron chi connectivity index (χ3n) is 10.5. The zero-order valence-electron chi connectivity index (χ0n) is 28.7.